The summed E-state index contributed by atoms with van der Waals surface area (Å²) in [4.78, 5) is 36.2. The number of aryl methyl sites for hydroxylation is 1. The Morgan fingerprint density at radius 1 is 0.889 bits per heavy atom. The molecule has 142 valence electrons. The minimum absolute atomic E-state index is 0.0200. The molecular formula is C20H20O7. The van der Waals surface area contributed by atoms with Crippen LogP contribution in [0, 0.1) is 6.92 Å². The molecule has 0 radical (unpaired) electrons. The second-order valence-electron chi connectivity index (χ2n) is 5.68. The van der Waals surface area contributed by atoms with E-state index in [9.17, 15) is 14.4 Å². The molecule has 7 heteroatoms. The van der Waals surface area contributed by atoms with E-state index in [1.54, 1.807) is 19.1 Å². The van der Waals surface area contributed by atoms with E-state index in [0.29, 0.717) is 12.0 Å². The van der Waals surface area contributed by atoms with Gasteiger partial charge in [-0.2, -0.15) is 0 Å². The highest BCUT2D eigenvalue weighted by atomic mass is 16.5. The van der Waals surface area contributed by atoms with Gasteiger partial charge in [0.15, 0.2) is 23.6 Å². The van der Waals surface area contributed by atoms with Gasteiger partial charge in [-0.1, -0.05) is 0 Å². The van der Waals surface area contributed by atoms with E-state index in [1.807, 2.05) is 0 Å². The van der Waals surface area contributed by atoms with Crippen LogP contribution in [-0.4, -0.2) is 39.4 Å². The summed E-state index contributed by atoms with van der Waals surface area (Å²) in [5.74, 6) is -0.233. The van der Waals surface area contributed by atoms with Crippen LogP contribution >= 0.6 is 0 Å². The second kappa shape index (κ2) is 8.35. The largest absolute Gasteiger partial charge is 0.496 e. The van der Waals surface area contributed by atoms with Gasteiger partial charge in [0, 0.05) is 18.6 Å². The maximum atomic E-state index is 13.2. The highest BCUT2D eigenvalue weighted by Gasteiger charge is 2.24. The Bertz CT molecular complexity index is 900. The maximum Gasteiger partial charge on any atom is 0.308 e. The third-order valence-electron chi connectivity index (χ3n) is 3.83. The Labute approximate surface area is 156 Å². The van der Waals surface area contributed by atoms with Crippen molar-refractivity contribution in [3.8, 4) is 23.0 Å². The summed E-state index contributed by atoms with van der Waals surface area (Å²) in [6.45, 7) is 3.03. The van der Waals surface area contributed by atoms with Gasteiger partial charge in [0.2, 0.25) is 0 Å². The molecule has 0 aromatic heterocycles. The van der Waals surface area contributed by atoms with Crippen LogP contribution in [0.15, 0.2) is 24.3 Å². The Kier molecular flexibility index (Phi) is 6.18. The lowest BCUT2D eigenvalue weighted by Crippen LogP contribution is -2.11. The first-order chi connectivity index (χ1) is 12.9. The lowest BCUT2D eigenvalue weighted by Gasteiger charge is -2.16. The summed E-state index contributed by atoms with van der Waals surface area (Å²) in [5.41, 5.74) is 1.04. The second-order valence-corrected chi connectivity index (χ2v) is 5.68. The van der Waals surface area contributed by atoms with Gasteiger partial charge in [-0.25, -0.2) is 0 Å². The van der Waals surface area contributed by atoms with Crippen molar-refractivity contribution in [3.05, 3.63) is 46.5 Å². The first-order valence-corrected chi connectivity index (χ1v) is 7.99. The third-order valence-corrected chi connectivity index (χ3v) is 3.83. The van der Waals surface area contributed by atoms with Crippen LogP contribution in [0.25, 0.3) is 0 Å². The van der Waals surface area contributed by atoms with Crippen molar-refractivity contribution < 1.29 is 33.3 Å². The quantitative estimate of drug-likeness (QED) is 0.319. The summed E-state index contributed by atoms with van der Waals surface area (Å²) in [7, 11) is 4.23. The van der Waals surface area contributed by atoms with E-state index in [4.69, 9.17) is 18.9 Å². The van der Waals surface area contributed by atoms with Gasteiger partial charge in [0.1, 0.15) is 11.5 Å². The van der Waals surface area contributed by atoms with Crippen LogP contribution in [0.1, 0.15) is 38.8 Å². The number of aldehydes is 1. The molecule has 0 aliphatic heterocycles. The SMILES string of the molecule is COc1cc(OC(C)=O)cc(C(=O)c2cc(C)cc(OC)c2OC)c1C=O. The summed E-state index contributed by atoms with van der Waals surface area (Å²) in [6, 6.07) is 6.05. The first-order valence-electron chi connectivity index (χ1n) is 7.99. The average Bonchev–Trinajstić information content (AvgIpc) is 2.65. The number of ketones is 1. The fourth-order valence-corrected chi connectivity index (χ4v) is 2.72. The van der Waals surface area contributed by atoms with Crippen LogP contribution in [0.5, 0.6) is 23.0 Å². The van der Waals surface area contributed by atoms with Gasteiger partial charge in [0.05, 0.1) is 32.5 Å². The van der Waals surface area contributed by atoms with Gasteiger partial charge in [-0.15, -0.1) is 0 Å². The van der Waals surface area contributed by atoms with E-state index in [-0.39, 0.29) is 33.9 Å². The fourth-order valence-electron chi connectivity index (χ4n) is 2.72. The number of carbonyl (C=O) groups excluding carboxylic acids is 3. The topological polar surface area (TPSA) is 88.1 Å². The van der Waals surface area contributed by atoms with Crippen LogP contribution in [0.3, 0.4) is 0 Å². The highest BCUT2D eigenvalue weighted by molar-refractivity contribution is 6.15. The smallest absolute Gasteiger partial charge is 0.308 e. The van der Waals surface area contributed by atoms with Gasteiger partial charge in [-0.3, -0.25) is 14.4 Å². The van der Waals surface area contributed by atoms with Crippen molar-refractivity contribution >= 4 is 18.0 Å². The highest BCUT2D eigenvalue weighted by Crippen LogP contribution is 2.36. The molecule has 27 heavy (non-hydrogen) atoms. The number of carbonyl (C=O) groups is 3. The van der Waals surface area contributed by atoms with Crippen LogP contribution in [0.4, 0.5) is 0 Å². The fraction of sp³-hybridized carbons (Fsp3) is 0.250. The summed E-state index contributed by atoms with van der Waals surface area (Å²) in [5, 5.41) is 0. The molecule has 2 aromatic rings. The van der Waals surface area contributed by atoms with E-state index in [1.165, 1.54) is 40.4 Å². The third kappa shape index (κ3) is 4.08. The normalized spacial score (nSPS) is 10.1. The number of hydrogen-bond donors (Lipinski definition) is 0. The van der Waals surface area contributed by atoms with Crippen molar-refractivity contribution in [2.24, 2.45) is 0 Å². The molecule has 0 N–H and O–H groups in total. The molecular weight excluding hydrogens is 352 g/mol. The number of methoxy groups -OCH3 is 3. The molecule has 0 fully saturated rings. The van der Waals surface area contributed by atoms with Crippen LogP contribution < -0.4 is 18.9 Å². The van der Waals surface area contributed by atoms with Crippen molar-refractivity contribution in [3.63, 3.8) is 0 Å². The summed E-state index contributed by atoms with van der Waals surface area (Å²) >= 11 is 0. The van der Waals surface area contributed by atoms with E-state index >= 15 is 0 Å². The van der Waals surface area contributed by atoms with Crippen molar-refractivity contribution in [1.29, 1.82) is 0 Å². The van der Waals surface area contributed by atoms with Crippen molar-refractivity contribution in [2.75, 3.05) is 21.3 Å². The molecule has 0 unspecified atom stereocenters. The van der Waals surface area contributed by atoms with Gasteiger partial charge in [0.25, 0.3) is 0 Å². The minimum atomic E-state index is -0.566. The Balaban J connectivity index is 2.73. The van der Waals surface area contributed by atoms with E-state index in [0.717, 1.165) is 5.56 Å². The maximum absolute atomic E-state index is 13.2. The standard InChI is InChI=1S/C20H20O7/c1-11-6-15(20(26-5)18(7-11)25-4)19(23)14-8-13(27-12(2)22)9-17(24-3)16(14)10-21/h6-10H,1-5H3. The summed E-state index contributed by atoms with van der Waals surface area (Å²) in [6.07, 6.45) is 0.517. The van der Waals surface area contributed by atoms with Crippen LogP contribution in [0.2, 0.25) is 0 Å². The molecule has 2 aromatic carbocycles. The molecule has 0 saturated heterocycles. The zero-order valence-electron chi connectivity index (χ0n) is 15.7. The van der Waals surface area contributed by atoms with Gasteiger partial charge >= 0.3 is 5.97 Å². The first kappa shape index (κ1) is 20.0. The lowest BCUT2D eigenvalue weighted by atomic mass is 9.95. The minimum Gasteiger partial charge on any atom is -0.496 e. The lowest BCUT2D eigenvalue weighted by molar-refractivity contribution is -0.131. The van der Waals surface area contributed by atoms with Crippen LogP contribution in [-0.2, 0) is 4.79 Å². The zero-order valence-corrected chi connectivity index (χ0v) is 15.7. The molecule has 0 amide bonds. The molecule has 0 bridgehead atoms. The predicted molar refractivity (Wildman–Crippen MR) is 97.4 cm³/mol. The van der Waals surface area contributed by atoms with E-state index in [2.05, 4.69) is 0 Å². The molecule has 0 aliphatic rings. The Hall–Kier alpha value is -3.35. The number of esters is 1. The van der Waals surface area contributed by atoms with Crippen molar-refractivity contribution in [2.45, 2.75) is 13.8 Å². The average molecular weight is 372 g/mol. The molecule has 7 nitrogen and oxygen atoms in total. The Morgan fingerprint density at radius 3 is 2.07 bits per heavy atom. The molecule has 2 rings (SSSR count). The molecule has 0 aliphatic carbocycles. The number of benzene rings is 2. The number of ether oxygens (including phenoxy) is 4. The van der Waals surface area contributed by atoms with Gasteiger partial charge < -0.3 is 18.9 Å². The molecule has 0 atom stereocenters. The van der Waals surface area contributed by atoms with Crippen molar-refractivity contribution in [1.82, 2.24) is 0 Å². The molecule has 0 heterocycles. The van der Waals surface area contributed by atoms with E-state index < -0.39 is 11.8 Å². The number of hydrogen-bond acceptors (Lipinski definition) is 7. The predicted octanol–water partition coefficient (Wildman–Crippen LogP) is 2.99. The molecule has 0 spiro atoms. The monoisotopic (exact) mass is 372 g/mol. The van der Waals surface area contributed by atoms with Gasteiger partial charge in [-0.05, 0) is 30.7 Å². The number of rotatable bonds is 7. The summed E-state index contributed by atoms with van der Waals surface area (Å²) < 4.78 is 20.9. The Morgan fingerprint density at radius 2 is 1.56 bits per heavy atom. The molecule has 0 saturated carbocycles. The zero-order chi connectivity index (χ0) is 20.1.